The summed E-state index contributed by atoms with van der Waals surface area (Å²) in [5.74, 6) is 3.01. The van der Waals surface area contributed by atoms with Crippen LogP contribution in [-0.4, -0.2) is 13.0 Å². The van der Waals surface area contributed by atoms with E-state index in [0.29, 0.717) is 5.91 Å². The second-order valence-corrected chi connectivity index (χ2v) is 6.11. The minimum Gasteiger partial charge on any atom is -0.359 e. The van der Waals surface area contributed by atoms with Gasteiger partial charge in [0.15, 0.2) is 0 Å². The Balaban J connectivity index is 1.93. The van der Waals surface area contributed by atoms with Gasteiger partial charge in [0.25, 0.3) is 0 Å². The Morgan fingerprint density at radius 3 is 2.33 bits per heavy atom. The molecule has 2 heteroatoms. The first-order chi connectivity index (χ1) is 7.22. The Morgan fingerprint density at radius 2 is 1.73 bits per heavy atom. The van der Waals surface area contributed by atoms with E-state index in [1.807, 2.05) is 0 Å². The summed E-state index contributed by atoms with van der Waals surface area (Å²) >= 11 is 0. The molecule has 4 fully saturated rings. The molecule has 1 N–H and O–H groups in total. The van der Waals surface area contributed by atoms with Gasteiger partial charge in [-0.15, -0.1) is 0 Å². The summed E-state index contributed by atoms with van der Waals surface area (Å²) in [5, 5.41) is 2.91. The number of carbonyl (C=O) groups excluding carboxylic acids is 1. The van der Waals surface area contributed by atoms with Crippen LogP contribution in [0, 0.1) is 23.2 Å². The number of nitrogens with one attached hydrogen (secondary N) is 1. The lowest BCUT2D eigenvalue weighted by atomic mass is 9.61. The number of carbonyl (C=O) groups is 1. The topological polar surface area (TPSA) is 29.1 Å². The number of rotatable bonds is 1. The van der Waals surface area contributed by atoms with E-state index < -0.39 is 0 Å². The molecule has 4 aliphatic rings. The van der Waals surface area contributed by atoms with Gasteiger partial charge in [0, 0.05) is 12.5 Å². The molecule has 0 aliphatic heterocycles. The van der Waals surface area contributed by atoms with Crippen LogP contribution in [0.25, 0.3) is 0 Å². The zero-order chi connectivity index (χ0) is 10.5. The van der Waals surface area contributed by atoms with Crippen LogP contribution in [0.5, 0.6) is 0 Å². The molecule has 0 saturated heterocycles. The van der Waals surface area contributed by atoms with E-state index in [9.17, 15) is 4.79 Å². The number of fused-ring (bicyclic) bond motifs is 1. The average molecular weight is 207 g/mol. The maximum absolute atomic E-state index is 12.1. The molecule has 0 aromatic carbocycles. The highest BCUT2D eigenvalue weighted by Crippen LogP contribution is 2.57. The third-order valence-electron chi connectivity index (χ3n) is 5.10. The largest absolute Gasteiger partial charge is 0.359 e. The molecule has 4 rings (SSSR count). The Bertz CT molecular complexity index is 272. The average Bonchev–Trinajstić information content (AvgIpc) is 2.43. The van der Waals surface area contributed by atoms with Gasteiger partial charge in [-0.1, -0.05) is 0 Å². The van der Waals surface area contributed by atoms with Crippen LogP contribution in [0.3, 0.4) is 0 Å². The SMILES string of the molecule is CNC(=O)C12CCC3CC(CC(C3)C1)C2. The number of hydrogen-bond acceptors (Lipinski definition) is 1. The summed E-state index contributed by atoms with van der Waals surface area (Å²) in [6, 6.07) is 0. The van der Waals surface area contributed by atoms with Crippen molar-refractivity contribution in [3.63, 3.8) is 0 Å². The number of hydrogen-bond donors (Lipinski definition) is 1. The lowest BCUT2D eigenvalue weighted by Gasteiger charge is -2.44. The smallest absolute Gasteiger partial charge is 0.225 e. The zero-order valence-electron chi connectivity index (χ0n) is 9.59. The molecule has 2 nitrogen and oxygen atoms in total. The van der Waals surface area contributed by atoms with E-state index >= 15 is 0 Å². The Labute approximate surface area is 91.8 Å². The van der Waals surface area contributed by atoms with Crippen LogP contribution in [0.4, 0.5) is 0 Å². The van der Waals surface area contributed by atoms with E-state index in [0.717, 1.165) is 24.2 Å². The van der Waals surface area contributed by atoms with Gasteiger partial charge in [0.05, 0.1) is 0 Å². The highest BCUT2D eigenvalue weighted by atomic mass is 16.2. The zero-order valence-corrected chi connectivity index (χ0v) is 9.59. The van der Waals surface area contributed by atoms with E-state index in [-0.39, 0.29) is 5.41 Å². The van der Waals surface area contributed by atoms with Crippen LogP contribution >= 0.6 is 0 Å². The van der Waals surface area contributed by atoms with Gasteiger partial charge >= 0.3 is 0 Å². The van der Waals surface area contributed by atoms with Gasteiger partial charge in [-0.3, -0.25) is 4.79 Å². The maximum atomic E-state index is 12.1. The van der Waals surface area contributed by atoms with E-state index in [1.54, 1.807) is 7.05 Å². The van der Waals surface area contributed by atoms with Crippen LogP contribution in [0.1, 0.15) is 44.9 Å². The van der Waals surface area contributed by atoms with E-state index in [1.165, 1.54) is 38.5 Å². The van der Waals surface area contributed by atoms with Gasteiger partial charge in [0.1, 0.15) is 0 Å². The highest BCUT2D eigenvalue weighted by Gasteiger charge is 2.50. The van der Waals surface area contributed by atoms with Gasteiger partial charge < -0.3 is 5.32 Å². The number of amides is 1. The Morgan fingerprint density at radius 1 is 1.13 bits per heavy atom. The van der Waals surface area contributed by atoms with Gasteiger partial charge in [-0.2, -0.15) is 0 Å². The summed E-state index contributed by atoms with van der Waals surface area (Å²) in [6.07, 6.45) is 9.06. The molecule has 4 bridgehead atoms. The quantitative estimate of drug-likeness (QED) is 0.702. The maximum Gasteiger partial charge on any atom is 0.225 e. The minimum atomic E-state index is 0.0353. The molecule has 1 amide bonds. The van der Waals surface area contributed by atoms with Gasteiger partial charge in [0.2, 0.25) is 5.91 Å². The fraction of sp³-hybridized carbons (Fsp3) is 0.923. The molecule has 0 radical (unpaired) electrons. The van der Waals surface area contributed by atoms with Crippen molar-refractivity contribution < 1.29 is 4.79 Å². The molecule has 0 aromatic heterocycles. The molecular formula is C13H21NO. The van der Waals surface area contributed by atoms with Crippen molar-refractivity contribution in [1.82, 2.24) is 5.32 Å². The Hall–Kier alpha value is -0.530. The molecule has 84 valence electrons. The summed E-state index contributed by atoms with van der Waals surface area (Å²) < 4.78 is 0. The van der Waals surface area contributed by atoms with Crippen molar-refractivity contribution in [2.24, 2.45) is 23.2 Å². The molecule has 15 heavy (non-hydrogen) atoms. The minimum absolute atomic E-state index is 0.0353. The van der Waals surface area contributed by atoms with Crippen molar-refractivity contribution in [1.29, 1.82) is 0 Å². The molecule has 0 aromatic rings. The third kappa shape index (κ3) is 1.41. The standard InChI is InChI=1S/C13H21NO/c1-14-12(15)13-3-2-9-4-10(7-13)6-11(5-9)8-13/h9-11H,2-8H2,1H3,(H,14,15). The summed E-state index contributed by atoms with van der Waals surface area (Å²) in [5.41, 5.74) is 0.0353. The third-order valence-corrected chi connectivity index (χ3v) is 5.10. The van der Waals surface area contributed by atoms with Crippen LogP contribution in [0.2, 0.25) is 0 Å². The van der Waals surface area contributed by atoms with Crippen LogP contribution < -0.4 is 5.32 Å². The Kier molecular flexibility index (Phi) is 2.08. The second-order valence-electron chi connectivity index (χ2n) is 6.11. The molecule has 0 spiro atoms. The fourth-order valence-electron chi connectivity index (χ4n) is 4.71. The van der Waals surface area contributed by atoms with Crippen molar-refractivity contribution in [3.05, 3.63) is 0 Å². The van der Waals surface area contributed by atoms with Crippen molar-refractivity contribution >= 4 is 5.91 Å². The molecule has 4 aliphatic carbocycles. The summed E-state index contributed by atoms with van der Waals surface area (Å²) in [7, 11) is 1.80. The molecule has 2 unspecified atom stereocenters. The second kappa shape index (κ2) is 3.23. The van der Waals surface area contributed by atoms with E-state index in [4.69, 9.17) is 0 Å². The first-order valence-corrected chi connectivity index (χ1v) is 6.44. The first kappa shape index (κ1) is 9.68. The molecule has 2 atom stereocenters. The highest BCUT2D eigenvalue weighted by molar-refractivity contribution is 5.82. The first-order valence-electron chi connectivity index (χ1n) is 6.44. The van der Waals surface area contributed by atoms with Crippen LogP contribution in [-0.2, 0) is 4.79 Å². The summed E-state index contributed by atoms with van der Waals surface area (Å²) in [6.45, 7) is 0. The predicted molar refractivity (Wildman–Crippen MR) is 59.3 cm³/mol. The molecular weight excluding hydrogens is 186 g/mol. The lowest BCUT2D eigenvalue weighted by molar-refractivity contribution is -0.135. The lowest BCUT2D eigenvalue weighted by Crippen LogP contribution is -2.44. The predicted octanol–water partition coefficient (Wildman–Crippen LogP) is 2.34. The van der Waals surface area contributed by atoms with Crippen molar-refractivity contribution in [2.45, 2.75) is 44.9 Å². The van der Waals surface area contributed by atoms with Gasteiger partial charge in [-0.05, 0) is 62.7 Å². The summed E-state index contributed by atoms with van der Waals surface area (Å²) in [4.78, 5) is 12.1. The fourth-order valence-corrected chi connectivity index (χ4v) is 4.71. The monoisotopic (exact) mass is 207 g/mol. The van der Waals surface area contributed by atoms with Crippen LogP contribution in [0.15, 0.2) is 0 Å². The van der Waals surface area contributed by atoms with Crippen molar-refractivity contribution in [2.75, 3.05) is 7.05 Å². The van der Waals surface area contributed by atoms with Crippen molar-refractivity contribution in [3.8, 4) is 0 Å². The molecule has 4 saturated carbocycles. The van der Waals surface area contributed by atoms with E-state index in [2.05, 4.69) is 5.32 Å². The molecule has 0 heterocycles. The van der Waals surface area contributed by atoms with Gasteiger partial charge in [-0.25, -0.2) is 0 Å². The normalized spacial score (nSPS) is 47.7.